The number of hydrogen-bond acceptors (Lipinski definition) is 5. The van der Waals surface area contributed by atoms with E-state index in [4.69, 9.17) is 4.74 Å². The highest BCUT2D eigenvalue weighted by Crippen LogP contribution is 2.20. The highest BCUT2D eigenvalue weighted by atomic mass is 32.1. The van der Waals surface area contributed by atoms with Crippen LogP contribution in [0.3, 0.4) is 0 Å². The third kappa shape index (κ3) is 3.71. The van der Waals surface area contributed by atoms with Gasteiger partial charge in [0.2, 0.25) is 0 Å². The summed E-state index contributed by atoms with van der Waals surface area (Å²) < 4.78 is 5.44. The predicted molar refractivity (Wildman–Crippen MR) is 92.4 cm³/mol. The van der Waals surface area contributed by atoms with E-state index >= 15 is 0 Å². The highest BCUT2D eigenvalue weighted by molar-refractivity contribution is 7.13. The fourth-order valence-electron chi connectivity index (χ4n) is 2.50. The van der Waals surface area contributed by atoms with Crippen molar-refractivity contribution in [2.75, 3.05) is 37.7 Å². The van der Waals surface area contributed by atoms with Crippen LogP contribution in [-0.4, -0.2) is 48.6 Å². The number of carbonyl (C=O) groups excluding carboxylic acids is 1. The van der Waals surface area contributed by atoms with Gasteiger partial charge in [0, 0.05) is 43.3 Å². The first-order chi connectivity index (χ1) is 11.3. The molecule has 1 fully saturated rings. The smallest absolute Gasteiger partial charge is 0.253 e. The van der Waals surface area contributed by atoms with Gasteiger partial charge in [0.1, 0.15) is 12.4 Å². The number of rotatable bonds is 5. The fourth-order valence-corrected chi connectivity index (χ4v) is 3.20. The molecule has 5 nitrogen and oxygen atoms in total. The van der Waals surface area contributed by atoms with Gasteiger partial charge in [0.25, 0.3) is 5.91 Å². The Balaban J connectivity index is 1.57. The number of aromatic nitrogens is 1. The average Bonchev–Trinajstić information content (AvgIpc) is 3.14. The van der Waals surface area contributed by atoms with E-state index in [1.54, 1.807) is 17.4 Å². The van der Waals surface area contributed by atoms with Crippen LogP contribution in [0.4, 0.5) is 5.13 Å². The molecular weight excluding hydrogens is 310 g/mol. The van der Waals surface area contributed by atoms with E-state index in [1.165, 1.54) is 0 Å². The van der Waals surface area contributed by atoms with Gasteiger partial charge in [-0.1, -0.05) is 12.7 Å². The van der Waals surface area contributed by atoms with Gasteiger partial charge >= 0.3 is 0 Å². The number of piperazine rings is 1. The van der Waals surface area contributed by atoms with Crippen LogP contribution in [0.1, 0.15) is 10.4 Å². The van der Waals surface area contributed by atoms with Crippen molar-refractivity contribution in [1.82, 2.24) is 9.88 Å². The van der Waals surface area contributed by atoms with Crippen LogP contribution >= 0.6 is 11.3 Å². The van der Waals surface area contributed by atoms with E-state index in [1.807, 2.05) is 40.7 Å². The lowest BCUT2D eigenvalue weighted by atomic mass is 10.1. The first-order valence-corrected chi connectivity index (χ1v) is 8.43. The van der Waals surface area contributed by atoms with Crippen molar-refractivity contribution in [3.05, 3.63) is 54.1 Å². The number of anilines is 1. The molecule has 2 aromatic rings. The molecule has 0 bridgehead atoms. The van der Waals surface area contributed by atoms with Gasteiger partial charge in [0.05, 0.1) is 0 Å². The minimum Gasteiger partial charge on any atom is -0.490 e. The third-order valence-corrected chi connectivity index (χ3v) is 4.56. The Hall–Kier alpha value is -2.34. The van der Waals surface area contributed by atoms with Gasteiger partial charge in [-0.25, -0.2) is 4.98 Å². The van der Waals surface area contributed by atoms with Crippen molar-refractivity contribution in [1.29, 1.82) is 0 Å². The maximum atomic E-state index is 12.6. The van der Waals surface area contributed by atoms with Crippen LogP contribution < -0.4 is 9.64 Å². The zero-order chi connectivity index (χ0) is 16.1. The summed E-state index contributed by atoms with van der Waals surface area (Å²) in [6.07, 6.45) is 3.51. The van der Waals surface area contributed by atoms with Crippen molar-refractivity contribution in [3.8, 4) is 5.75 Å². The van der Waals surface area contributed by atoms with Crippen LogP contribution in [0.2, 0.25) is 0 Å². The SMILES string of the molecule is C=CCOc1ccc(C(=O)N2CCN(c3nccs3)CC2)cc1. The molecule has 2 heterocycles. The monoisotopic (exact) mass is 329 g/mol. The Kier molecular flexibility index (Phi) is 4.92. The molecule has 1 saturated heterocycles. The van der Waals surface area contributed by atoms with E-state index in [-0.39, 0.29) is 5.91 Å². The lowest BCUT2D eigenvalue weighted by molar-refractivity contribution is 0.0746. The van der Waals surface area contributed by atoms with Gasteiger partial charge < -0.3 is 14.5 Å². The fraction of sp³-hybridized carbons (Fsp3) is 0.294. The Morgan fingerprint density at radius 1 is 1.26 bits per heavy atom. The van der Waals surface area contributed by atoms with E-state index in [0.717, 1.165) is 24.0 Å². The van der Waals surface area contributed by atoms with E-state index < -0.39 is 0 Å². The zero-order valence-electron chi connectivity index (χ0n) is 12.9. The molecule has 1 aromatic carbocycles. The van der Waals surface area contributed by atoms with Crippen molar-refractivity contribution in [2.24, 2.45) is 0 Å². The van der Waals surface area contributed by atoms with Crippen LogP contribution in [-0.2, 0) is 0 Å². The normalized spacial score (nSPS) is 14.6. The van der Waals surface area contributed by atoms with E-state index in [0.29, 0.717) is 25.3 Å². The largest absolute Gasteiger partial charge is 0.490 e. The summed E-state index contributed by atoms with van der Waals surface area (Å²) in [5.41, 5.74) is 0.693. The summed E-state index contributed by atoms with van der Waals surface area (Å²) in [4.78, 5) is 21.0. The molecule has 1 aliphatic heterocycles. The molecule has 1 amide bonds. The molecule has 3 rings (SSSR count). The van der Waals surface area contributed by atoms with Crippen molar-refractivity contribution in [3.63, 3.8) is 0 Å². The number of ether oxygens (including phenoxy) is 1. The Morgan fingerprint density at radius 3 is 2.61 bits per heavy atom. The summed E-state index contributed by atoms with van der Waals surface area (Å²) >= 11 is 1.63. The molecule has 0 unspecified atom stereocenters. The summed E-state index contributed by atoms with van der Waals surface area (Å²) in [5.74, 6) is 0.814. The van der Waals surface area contributed by atoms with E-state index in [9.17, 15) is 4.79 Å². The van der Waals surface area contributed by atoms with Crippen LogP contribution in [0, 0.1) is 0 Å². The van der Waals surface area contributed by atoms with Crippen LogP contribution in [0.15, 0.2) is 48.5 Å². The summed E-state index contributed by atoms with van der Waals surface area (Å²) in [6.45, 7) is 7.15. The van der Waals surface area contributed by atoms with Gasteiger partial charge in [-0.3, -0.25) is 4.79 Å². The Bertz CT molecular complexity index is 647. The van der Waals surface area contributed by atoms with Gasteiger partial charge in [-0.15, -0.1) is 11.3 Å². The molecule has 1 aromatic heterocycles. The molecule has 6 heteroatoms. The number of hydrogen-bond donors (Lipinski definition) is 0. The molecule has 1 aliphatic rings. The highest BCUT2D eigenvalue weighted by Gasteiger charge is 2.23. The number of carbonyl (C=O) groups is 1. The number of nitrogens with zero attached hydrogens (tertiary/aromatic N) is 3. The minimum atomic E-state index is 0.0686. The molecule has 0 atom stereocenters. The van der Waals surface area contributed by atoms with Crippen molar-refractivity contribution >= 4 is 22.4 Å². The molecule has 0 aliphatic carbocycles. The quantitative estimate of drug-likeness (QED) is 0.791. The molecule has 120 valence electrons. The topological polar surface area (TPSA) is 45.7 Å². The molecular formula is C17H19N3O2S. The lowest BCUT2D eigenvalue weighted by Gasteiger charge is -2.34. The predicted octanol–water partition coefficient (Wildman–Crippen LogP) is 2.67. The molecule has 0 radical (unpaired) electrons. The average molecular weight is 329 g/mol. The Morgan fingerprint density at radius 2 is 2.00 bits per heavy atom. The molecule has 0 saturated carbocycles. The summed E-state index contributed by atoms with van der Waals surface area (Å²) in [6, 6.07) is 7.27. The number of benzene rings is 1. The van der Waals surface area contributed by atoms with Gasteiger partial charge in [-0.2, -0.15) is 0 Å². The second kappa shape index (κ2) is 7.28. The first kappa shape index (κ1) is 15.6. The van der Waals surface area contributed by atoms with Gasteiger partial charge in [0.15, 0.2) is 5.13 Å². The second-order valence-electron chi connectivity index (χ2n) is 5.22. The number of amides is 1. The van der Waals surface area contributed by atoms with Gasteiger partial charge in [-0.05, 0) is 24.3 Å². The first-order valence-electron chi connectivity index (χ1n) is 7.55. The maximum absolute atomic E-state index is 12.6. The lowest BCUT2D eigenvalue weighted by Crippen LogP contribution is -2.48. The maximum Gasteiger partial charge on any atom is 0.253 e. The van der Waals surface area contributed by atoms with E-state index in [2.05, 4.69) is 16.5 Å². The molecule has 23 heavy (non-hydrogen) atoms. The molecule has 0 N–H and O–H groups in total. The molecule has 0 spiro atoms. The van der Waals surface area contributed by atoms with Crippen LogP contribution in [0.5, 0.6) is 5.75 Å². The standard InChI is InChI=1S/C17H19N3O2S/c1-2-12-22-15-5-3-14(4-6-15)16(21)19-8-10-20(11-9-19)17-18-7-13-23-17/h2-7,13H,1,8-12H2. The summed E-state index contributed by atoms with van der Waals surface area (Å²) in [7, 11) is 0. The zero-order valence-corrected chi connectivity index (χ0v) is 13.7. The second-order valence-corrected chi connectivity index (χ2v) is 6.09. The van der Waals surface area contributed by atoms with Crippen molar-refractivity contribution in [2.45, 2.75) is 0 Å². The third-order valence-electron chi connectivity index (χ3n) is 3.73. The van der Waals surface area contributed by atoms with Crippen molar-refractivity contribution < 1.29 is 9.53 Å². The minimum absolute atomic E-state index is 0.0686. The van der Waals surface area contributed by atoms with Crippen LogP contribution in [0.25, 0.3) is 0 Å². The Labute approximate surface area is 139 Å². The summed E-state index contributed by atoms with van der Waals surface area (Å²) in [5, 5.41) is 3.00. The number of thiazole rings is 1.